The van der Waals surface area contributed by atoms with Crippen LogP contribution in [0, 0.1) is 5.92 Å². The van der Waals surface area contributed by atoms with Gasteiger partial charge in [-0.05, 0) is 52.2 Å². The van der Waals surface area contributed by atoms with Crippen LogP contribution in [0.5, 0.6) is 0 Å². The average molecular weight is 228 g/mol. The fraction of sp³-hybridized carbons (Fsp3) is 0.917. The van der Waals surface area contributed by atoms with Gasteiger partial charge in [-0.3, -0.25) is 4.79 Å². The molecule has 0 aromatic carbocycles. The van der Waals surface area contributed by atoms with Gasteiger partial charge in [-0.1, -0.05) is 0 Å². The Morgan fingerprint density at radius 3 is 3.00 bits per heavy atom. The Hall–Kier alpha value is -0.610. The third kappa shape index (κ3) is 4.94. The SMILES string of the molecule is CC(NCCCC(=O)O)C1CCCN(C)C1. The van der Waals surface area contributed by atoms with E-state index in [1.54, 1.807) is 0 Å². The standard InChI is InChI=1S/C12H24N2O2/c1-10(13-7-3-6-12(15)16)11-5-4-8-14(2)9-11/h10-11,13H,3-9H2,1-2H3,(H,15,16). The van der Waals surface area contributed by atoms with Crippen LogP contribution in [0.1, 0.15) is 32.6 Å². The number of hydrogen-bond acceptors (Lipinski definition) is 3. The van der Waals surface area contributed by atoms with Crippen LogP contribution >= 0.6 is 0 Å². The molecule has 16 heavy (non-hydrogen) atoms. The van der Waals surface area contributed by atoms with Crippen LogP contribution in [-0.4, -0.2) is 48.7 Å². The zero-order chi connectivity index (χ0) is 12.0. The molecule has 2 N–H and O–H groups in total. The van der Waals surface area contributed by atoms with Gasteiger partial charge in [0, 0.05) is 19.0 Å². The minimum Gasteiger partial charge on any atom is -0.481 e. The van der Waals surface area contributed by atoms with Gasteiger partial charge >= 0.3 is 5.97 Å². The molecule has 2 unspecified atom stereocenters. The van der Waals surface area contributed by atoms with Gasteiger partial charge in [0.1, 0.15) is 0 Å². The number of likely N-dealkylation sites (tertiary alicyclic amines) is 1. The Labute approximate surface area is 98.0 Å². The van der Waals surface area contributed by atoms with Gasteiger partial charge in [-0.15, -0.1) is 0 Å². The zero-order valence-electron chi connectivity index (χ0n) is 10.4. The van der Waals surface area contributed by atoms with Gasteiger partial charge in [0.25, 0.3) is 0 Å². The largest absolute Gasteiger partial charge is 0.481 e. The van der Waals surface area contributed by atoms with Crippen molar-refractivity contribution in [2.24, 2.45) is 5.92 Å². The quantitative estimate of drug-likeness (QED) is 0.670. The molecule has 4 nitrogen and oxygen atoms in total. The fourth-order valence-electron chi connectivity index (χ4n) is 2.35. The average Bonchev–Trinajstić information content (AvgIpc) is 2.24. The summed E-state index contributed by atoms with van der Waals surface area (Å²) in [5, 5.41) is 12.0. The minimum atomic E-state index is -0.702. The topological polar surface area (TPSA) is 52.6 Å². The third-order valence-electron chi connectivity index (χ3n) is 3.40. The number of carboxylic acid groups (broad SMARTS) is 1. The predicted octanol–water partition coefficient (Wildman–Crippen LogP) is 1.17. The normalized spacial score (nSPS) is 24.2. The van der Waals surface area contributed by atoms with Gasteiger partial charge in [-0.2, -0.15) is 0 Å². The van der Waals surface area contributed by atoms with Crippen molar-refractivity contribution in [3.63, 3.8) is 0 Å². The van der Waals surface area contributed by atoms with Gasteiger partial charge in [0.15, 0.2) is 0 Å². The maximum absolute atomic E-state index is 10.4. The van der Waals surface area contributed by atoms with E-state index in [-0.39, 0.29) is 6.42 Å². The second kappa shape index (κ2) is 6.86. The van der Waals surface area contributed by atoms with Crippen molar-refractivity contribution in [3.05, 3.63) is 0 Å². The van der Waals surface area contributed by atoms with Crippen LogP contribution in [0.15, 0.2) is 0 Å². The first-order chi connectivity index (χ1) is 7.59. The molecule has 1 fully saturated rings. The van der Waals surface area contributed by atoms with Crippen molar-refractivity contribution >= 4 is 5.97 Å². The Kier molecular flexibility index (Phi) is 5.77. The number of carbonyl (C=O) groups is 1. The second-order valence-corrected chi connectivity index (χ2v) is 4.90. The Bertz CT molecular complexity index is 221. The summed E-state index contributed by atoms with van der Waals surface area (Å²) < 4.78 is 0. The second-order valence-electron chi connectivity index (χ2n) is 4.90. The summed E-state index contributed by atoms with van der Waals surface area (Å²) in [6, 6.07) is 0.497. The molecule has 4 heteroatoms. The zero-order valence-corrected chi connectivity index (χ0v) is 10.4. The van der Waals surface area contributed by atoms with E-state index in [0.717, 1.165) is 19.5 Å². The molecule has 0 aromatic heterocycles. The lowest BCUT2D eigenvalue weighted by atomic mass is 9.92. The lowest BCUT2D eigenvalue weighted by Gasteiger charge is -2.34. The Balaban J connectivity index is 2.13. The predicted molar refractivity (Wildman–Crippen MR) is 64.6 cm³/mol. The first kappa shape index (κ1) is 13.5. The monoisotopic (exact) mass is 228 g/mol. The van der Waals surface area contributed by atoms with E-state index in [0.29, 0.717) is 12.0 Å². The molecule has 1 rings (SSSR count). The molecule has 1 heterocycles. The molecule has 0 aliphatic carbocycles. The molecule has 94 valence electrons. The van der Waals surface area contributed by atoms with Gasteiger partial charge in [-0.25, -0.2) is 0 Å². The number of carboxylic acids is 1. The molecule has 1 aliphatic rings. The first-order valence-corrected chi connectivity index (χ1v) is 6.23. The van der Waals surface area contributed by atoms with Crippen molar-refractivity contribution in [2.45, 2.75) is 38.6 Å². The minimum absolute atomic E-state index is 0.268. The highest BCUT2D eigenvalue weighted by molar-refractivity contribution is 5.66. The molecule has 0 bridgehead atoms. The van der Waals surface area contributed by atoms with Crippen molar-refractivity contribution in [2.75, 3.05) is 26.7 Å². The summed E-state index contributed by atoms with van der Waals surface area (Å²) in [6.45, 7) is 5.40. The maximum Gasteiger partial charge on any atom is 0.303 e. The van der Waals surface area contributed by atoms with Crippen LogP contribution in [-0.2, 0) is 4.79 Å². The molecule has 1 aliphatic heterocycles. The van der Waals surface area contributed by atoms with Crippen LogP contribution in [0.2, 0.25) is 0 Å². The van der Waals surface area contributed by atoms with E-state index in [9.17, 15) is 4.79 Å². The number of rotatable bonds is 6. The highest BCUT2D eigenvalue weighted by Crippen LogP contribution is 2.18. The number of piperidine rings is 1. The van der Waals surface area contributed by atoms with E-state index in [2.05, 4.69) is 24.2 Å². The lowest BCUT2D eigenvalue weighted by molar-refractivity contribution is -0.137. The van der Waals surface area contributed by atoms with E-state index in [4.69, 9.17) is 5.11 Å². The highest BCUT2D eigenvalue weighted by Gasteiger charge is 2.22. The van der Waals surface area contributed by atoms with Crippen LogP contribution in [0.4, 0.5) is 0 Å². The van der Waals surface area contributed by atoms with E-state index >= 15 is 0 Å². The molecule has 0 amide bonds. The summed E-state index contributed by atoms with van der Waals surface area (Å²) in [5.74, 6) is 0.00966. The van der Waals surface area contributed by atoms with E-state index in [1.807, 2.05) is 0 Å². The van der Waals surface area contributed by atoms with Crippen LogP contribution in [0.25, 0.3) is 0 Å². The molecule has 2 atom stereocenters. The van der Waals surface area contributed by atoms with Crippen molar-refractivity contribution < 1.29 is 9.90 Å². The summed E-state index contributed by atoms with van der Waals surface area (Å²) in [4.78, 5) is 12.7. The first-order valence-electron chi connectivity index (χ1n) is 6.23. The summed E-state index contributed by atoms with van der Waals surface area (Å²) in [5.41, 5.74) is 0. The molecule has 0 spiro atoms. The van der Waals surface area contributed by atoms with E-state index in [1.165, 1.54) is 19.4 Å². The number of aliphatic carboxylic acids is 1. The van der Waals surface area contributed by atoms with Crippen LogP contribution in [0.3, 0.4) is 0 Å². The fourth-order valence-corrected chi connectivity index (χ4v) is 2.35. The van der Waals surface area contributed by atoms with Gasteiger partial charge in [0.05, 0.1) is 0 Å². The van der Waals surface area contributed by atoms with Crippen molar-refractivity contribution in [3.8, 4) is 0 Å². The molecule has 0 radical (unpaired) electrons. The third-order valence-corrected chi connectivity index (χ3v) is 3.40. The Morgan fingerprint density at radius 2 is 2.38 bits per heavy atom. The number of hydrogen-bond donors (Lipinski definition) is 2. The molecular weight excluding hydrogens is 204 g/mol. The van der Waals surface area contributed by atoms with Crippen molar-refractivity contribution in [1.29, 1.82) is 0 Å². The smallest absolute Gasteiger partial charge is 0.303 e. The summed E-state index contributed by atoms with van der Waals surface area (Å²) in [7, 11) is 2.17. The summed E-state index contributed by atoms with van der Waals surface area (Å²) in [6.07, 6.45) is 3.56. The highest BCUT2D eigenvalue weighted by atomic mass is 16.4. The van der Waals surface area contributed by atoms with Gasteiger partial charge < -0.3 is 15.3 Å². The molecule has 0 saturated carbocycles. The summed E-state index contributed by atoms with van der Waals surface area (Å²) >= 11 is 0. The molecule has 1 saturated heterocycles. The van der Waals surface area contributed by atoms with Crippen LogP contribution < -0.4 is 5.32 Å². The Morgan fingerprint density at radius 1 is 1.62 bits per heavy atom. The molecule has 0 aromatic rings. The maximum atomic E-state index is 10.4. The van der Waals surface area contributed by atoms with Gasteiger partial charge in [0.2, 0.25) is 0 Å². The lowest BCUT2D eigenvalue weighted by Crippen LogP contribution is -2.43. The number of nitrogens with one attached hydrogen (secondary N) is 1. The van der Waals surface area contributed by atoms with Crippen molar-refractivity contribution in [1.82, 2.24) is 10.2 Å². The number of nitrogens with zero attached hydrogens (tertiary/aromatic N) is 1. The molecular formula is C12H24N2O2. The van der Waals surface area contributed by atoms with E-state index < -0.39 is 5.97 Å².